The van der Waals surface area contributed by atoms with E-state index in [9.17, 15) is 4.79 Å². The van der Waals surface area contributed by atoms with Crippen LogP contribution in [0.15, 0.2) is 60.1 Å². The molecule has 0 bridgehead atoms. The first kappa shape index (κ1) is 18.4. The highest BCUT2D eigenvalue weighted by molar-refractivity contribution is 7.13. The molecule has 2 N–H and O–H groups in total. The number of hydrogen-bond acceptors (Lipinski definition) is 4. The fourth-order valence-corrected chi connectivity index (χ4v) is 3.89. The van der Waals surface area contributed by atoms with Crippen molar-refractivity contribution in [1.29, 1.82) is 0 Å². The van der Waals surface area contributed by atoms with Crippen molar-refractivity contribution >= 4 is 33.8 Å². The van der Waals surface area contributed by atoms with Crippen LogP contribution in [0.1, 0.15) is 16.1 Å². The average molecular weight is 391 g/mol. The van der Waals surface area contributed by atoms with E-state index in [1.54, 1.807) is 0 Å². The minimum absolute atomic E-state index is 0.192. The van der Waals surface area contributed by atoms with E-state index in [1.807, 2.05) is 41.8 Å². The van der Waals surface area contributed by atoms with Crippen LogP contribution in [0.25, 0.3) is 21.5 Å². The summed E-state index contributed by atoms with van der Waals surface area (Å²) in [6.07, 6.45) is 3.07. The minimum Gasteiger partial charge on any atom is -0.361 e. The van der Waals surface area contributed by atoms with Crippen molar-refractivity contribution in [2.45, 2.75) is 6.42 Å². The van der Waals surface area contributed by atoms with Gasteiger partial charge in [-0.05, 0) is 56.4 Å². The third kappa shape index (κ3) is 3.98. The van der Waals surface area contributed by atoms with Gasteiger partial charge in [-0.15, -0.1) is 11.3 Å². The van der Waals surface area contributed by atoms with Gasteiger partial charge in [0.2, 0.25) is 0 Å². The van der Waals surface area contributed by atoms with Crippen molar-refractivity contribution in [3.63, 3.8) is 0 Å². The van der Waals surface area contributed by atoms with Gasteiger partial charge in [0.15, 0.2) is 0 Å². The quantitative estimate of drug-likeness (QED) is 0.504. The molecule has 28 heavy (non-hydrogen) atoms. The largest absolute Gasteiger partial charge is 0.361 e. The number of benzene rings is 2. The molecule has 1 amide bonds. The van der Waals surface area contributed by atoms with Crippen LogP contribution in [-0.4, -0.2) is 41.4 Å². The molecule has 2 aromatic carbocycles. The van der Waals surface area contributed by atoms with Crippen LogP contribution in [0.5, 0.6) is 0 Å². The summed E-state index contributed by atoms with van der Waals surface area (Å²) in [7, 11) is 4.16. The summed E-state index contributed by atoms with van der Waals surface area (Å²) in [6.45, 7) is 0.998. The summed E-state index contributed by atoms with van der Waals surface area (Å²) in [5.74, 6) is -0.192. The van der Waals surface area contributed by atoms with E-state index in [1.165, 1.54) is 22.3 Å². The van der Waals surface area contributed by atoms with Crippen LogP contribution in [0.3, 0.4) is 0 Å². The van der Waals surface area contributed by atoms with E-state index < -0.39 is 0 Å². The molecule has 0 saturated carbocycles. The molecule has 0 fully saturated rings. The Labute approximate surface area is 168 Å². The Hall–Kier alpha value is -2.96. The lowest BCUT2D eigenvalue weighted by Crippen LogP contribution is -2.14. The maximum atomic E-state index is 12.5. The van der Waals surface area contributed by atoms with Gasteiger partial charge in [-0.25, -0.2) is 4.98 Å². The molecule has 142 valence electrons. The van der Waals surface area contributed by atoms with Gasteiger partial charge < -0.3 is 15.2 Å². The number of para-hydroxylation sites is 1. The summed E-state index contributed by atoms with van der Waals surface area (Å²) in [6, 6.07) is 15.7. The predicted molar refractivity (Wildman–Crippen MR) is 116 cm³/mol. The molecule has 2 aromatic heterocycles. The van der Waals surface area contributed by atoms with E-state index in [-0.39, 0.29) is 5.91 Å². The number of nitrogens with one attached hydrogen (secondary N) is 2. The molecule has 0 aliphatic carbocycles. The smallest absolute Gasteiger partial charge is 0.275 e. The fourth-order valence-electron chi connectivity index (χ4n) is 3.09. The second-order valence-corrected chi connectivity index (χ2v) is 7.84. The van der Waals surface area contributed by atoms with Crippen molar-refractivity contribution in [3.05, 3.63) is 71.4 Å². The summed E-state index contributed by atoms with van der Waals surface area (Å²) in [5.41, 5.74) is 4.65. The Morgan fingerprint density at radius 3 is 2.79 bits per heavy atom. The maximum absolute atomic E-state index is 12.5. The minimum atomic E-state index is -0.192. The topological polar surface area (TPSA) is 61.0 Å². The number of nitrogens with zero attached hydrogens (tertiary/aromatic N) is 2. The molecule has 0 spiro atoms. The lowest BCUT2D eigenvalue weighted by Gasteiger charge is -2.08. The summed E-state index contributed by atoms with van der Waals surface area (Å²) in [5, 5.41) is 6.75. The molecule has 4 aromatic rings. The van der Waals surface area contributed by atoms with Crippen molar-refractivity contribution in [2.75, 3.05) is 26.0 Å². The summed E-state index contributed by atoms with van der Waals surface area (Å²) >= 11 is 1.49. The molecule has 2 heterocycles. The molecular formula is C22H22N4OS. The van der Waals surface area contributed by atoms with Crippen molar-refractivity contribution in [1.82, 2.24) is 14.9 Å². The standard InChI is InChI=1S/C22H22N4OS/c1-26(2)11-10-16-13-23-19-9-8-15(12-18(16)19)22-25-20(14-28-22)21(27)24-17-6-4-3-5-7-17/h3-9,12-14,23H,10-11H2,1-2H3,(H,24,27). The normalized spacial score (nSPS) is 11.2. The number of hydrogen-bond donors (Lipinski definition) is 2. The zero-order valence-electron chi connectivity index (χ0n) is 15.9. The third-order valence-electron chi connectivity index (χ3n) is 4.61. The van der Waals surface area contributed by atoms with Crippen LogP contribution < -0.4 is 5.32 Å². The highest BCUT2D eigenvalue weighted by Gasteiger charge is 2.13. The SMILES string of the molecule is CN(C)CCc1c[nH]c2ccc(-c3nc(C(=O)Nc4ccccc4)cs3)cc12. The summed E-state index contributed by atoms with van der Waals surface area (Å²) in [4.78, 5) is 22.5. The molecular weight excluding hydrogens is 368 g/mol. The van der Waals surface area contributed by atoms with Crippen LogP contribution in [0.4, 0.5) is 5.69 Å². The molecule has 0 saturated heterocycles. The first-order valence-electron chi connectivity index (χ1n) is 9.17. The molecule has 0 radical (unpaired) electrons. The first-order chi connectivity index (χ1) is 13.6. The number of thiazole rings is 1. The van der Waals surface area contributed by atoms with Gasteiger partial charge in [0.1, 0.15) is 10.7 Å². The summed E-state index contributed by atoms with van der Waals surface area (Å²) < 4.78 is 0. The number of fused-ring (bicyclic) bond motifs is 1. The number of rotatable bonds is 6. The maximum Gasteiger partial charge on any atom is 0.275 e. The van der Waals surface area contributed by atoms with E-state index in [4.69, 9.17) is 0 Å². The van der Waals surface area contributed by atoms with Gasteiger partial charge in [-0.3, -0.25) is 4.79 Å². The highest BCUT2D eigenvalue weighted by atomic mass is 32.1. The van der Waals surface area contributed by atoms with Crippen LogP contribution >= 0.6 is 11.3 Å². The van der Waals surface area contributed by atoms with Crippen LogP contribution in [-0.2, 0) is 6.42 Å². The Bertz CT molecular complexity index is 1100. The number of aromatic amines is 1. The van der Waals surface area contributed by atoms with Gasteiger partial charge >= 0.3 is 0 Å². The lowest BCUT2D eigenvalue weighted by molar-refractivity contribution is 0.102. The van der Waals surface area contributed by atoms with Crippen molar-refractivity contribution < 1.29 is 4.79 Å². The second kappa shape index (κ2) is 7.96. The number of amides is 1. The fraction of sp³-hybridized carbons (Fsp3) is 0.182. The van der Waals surface area contributed by atoms with Gasteiger partial charge in [0.25, 0.3) is 5.91 Å². The van der Waals surface area contributed by atoms with Gasteiger partial charge in [0, 0.05) is 40.3 Å². The molecule has 0 aliphatic rings. The average Bonchev–Trinajstić information content (AvgIpc) is 3.34. The molecule has 5 nitrogen and oxygen atoms in total. The molecule has 0 unspecified atom stereocenters. The number of H-pyrrole nitrogens is 1. The highest BCUT2D eigenvalue weighted by Crippen LogP contribution is 2.29. The molecule has 4 rings (SSSR count). The Balaban J connectivity index is 1.57. The number of carbonyl (C=O) groups is 1. The zero-order chi connectivity index (χ0) is 19.5. The Morgan fingerprint density at radius 2 is 2.00 bits per heavy atom. The molecule has 0 aliphatic heterocycles. The van der Waals surface area contributed by atoms with Crippen molar-refractivity contribution in [3.8, 4) is 10.6 Å². The number of anilines is 1. The first-order valence-corrected chi connectivity index (χ1v) is 10.0. The second-order valence-electron chi connectivity index (χ2n) is 6.99. The molecule has 0 atom stereocenters. The number of likely N-dealkylation sites (N-methyl/N-ethyl adjacent to an activating group) is 1. The van der Waals surface area contributed by atoms with Crippen LogP contribution in [0, 0.1) is 0 Å². The monoisotopic (exact) mass is 390 g/mol. The van der Waals surface area contributed by atoms with Crippen LogP contribution in [0.2, 0.25) is 0 Å². The lowest BCUT2D eigenvalue weighted by atomic mass is 10.1. The predicted octanol–water partition coefficient (Wildman–Crippen LogP) is 4.65. The number of carbonyl (C=O) groups excluding carboxylic acids is 1. The number of aromatic nitrogens is 2. The van der Waals surface area contributed by atoms with E-state index in [2.05, 4.69) is 52.6 Å². The van der Waals surface area contributed by atoms with Gasteiger partial charge in [-0.2, -0.15) is 0 Å². The zero-order valence-corrected chi connectivity index (χ0v) is 16.7. The Morgan fingerprint density at radius 1 is 1.18 bits per heavy atom. The Kier molecular flexibility index (Phi) is 5.23. The van der Waals surface area contributed by atoms with E-state index in [0.29, 0.717) is 5.69 Å². The molecule has 6 heteroatoms. The van der Waals surface area contributed by atoms with Crippen molar-refractivity contribution in [2.24, 2.45) is 0 Å². The van der Waals surface area contributed by atoms with Gasteiger partial charge in [0.05, 0.1) is 0 Å². The third-order valence-corrected chi connectivity index (χ3v) is 5.50. The van der Waals surface area contributed by atoms with Gasteiger partial charge in [-0.1, -0.05) is 18.2 Å². The van der Waals surface area contributed by atoms with E-state index >= 15 is 0 Å². The van der Waals surface area contributed by atoms with E-state index in [0.717, 1.165) is 34.7 Å².